The maximum atomic E-state index is 12.2. The van der Waals surface area contributed by atoms with Gasteiger partial charge in [0.05, 0.1) is 13.7 Å². The number of ether oxygens (including phenoxy) is 3. The molecule has 25 heavy (non-hydrogen) atoms. The van der Waals surface area contributed by atoms with Crippen LogP contribution in [0.25, 0.3) is 6.08 Å². The first-order chi connectivity index (χ1) is 11.9. The average molecular weight is 348 g/mol. The minimum absolute atomic E-state index is 0.00577. The van der Waals surface area contributed by atoms with Crippen molar-refractivity contribution in [2.24, 2.45) is 0 Å². The molecular formula is C18H24N2O5. The number of methoxy groups -OCH3 is 1. The molecule has 2 amide bonds. The van der Waals surface area contributed by atoms with Gasteiger partial charge in [-0.15, -0.1) is 0 Å². The van der Waals surface area contributed by atoms with E-state index in [9.17, 15) is 9.59 Å². The van der Waals surface area contributed by atoms with Crippen molar-refractivity contribution < 1.29 is 23.8 Å². The Balaban J connectivity index is 2.05. The number of carbonyl (C=O) groups excluding carboxylic acids is 2. The van der Waals surface area contributed by atoms with Gasteiger partial charge < -0.3 is 24.4 Å². The van der Waals surface area contributed by atoms with Crippen LogP contribution in [0, 0.1) is 0 Å². The lowest BCUT2D eigenvalue weighted by Gasteiger charge is -2.21. The summed E-state index contributed by atoms with van der Waals surface area (Å²) in [5, 5.41) is 2.75. The molecule has 0 aliphatic carbocycles. The van der Waals surface area contributed by atoms with Gasteiger partial charge in [-0.1, -0.05) is 0 Å². The zero-order valence-corrected chi connectivity index (χ0v) is 15.0. The van der Waals surface area contributed by atoms with Gasteiger partial charge >= 0.3 is 0 Å². The fraction of sp³-hybridized carbons (Fsp3) is 0.444. The van der Waals surface area contributed by atoms with Crippen LogP contribution in [0.5, 0.6) is 17.2 Å². The van der Waals surface area contributed by atoms with Gasteiger partial charge in [-0.3, -0.25) is 9.59 Å². The third-order valence-electron chi connectivity index (χ3n) is 3.48. The van der Waals surface area contributed by atoms with Crippen molar-refractivity contribution in [1.29, 1.82) is 0 Å². The third-order valence-corrected chi connectivity index (χ3v) is 3.48. The quantitative estimate of drug-likeness (QED) is 0.788. The number of nitrogens with one attached hydrogen (secondary N) is 1. The maximum Gasteiger partial charge on any atom is 0.246 e. The number of fused-ring (bicyclic) bond motifs is 1. The molecule has 0 atom stereocenters. The number of benzene rings is 1. The van der Waals surface area contributed by atoms with Crippen LogP contribution in [-0.2, 0) is 9.59 Å². The van der Waals surface area contributed by atoms with Gasteiger partial charge in [0.2, 0.25) is 17.6 Å². The molecule has 1 N–H and O–H groups in total. The van der Waals surface area contributed by atoms with Gasteiger partial charge in [-0.25, -0.2) is 0 Å². The first-order valence-electron chi connectivity index (χ1n) is 8.11. The molecule has 0 radical (unpaired) electrons. The largest absolute Gasteiger partial charge is 0.493 e. The number of nitrogens with zero attached hydrogens (tertiary/aromatic N) is 1. The maximum absolute atomic E-state index is 12.2. The van der Waals surface area contributed by atoms with Gasteiger partial charge in [0, 0.05) is 19.2 Å². The minimum Gasteiger partial charge on any atom is -0.493 e. The summed E-state index contributed by atoms with van der Waals surface area (Å²) in [6, 6.07) is 3.59. The predicted octanol–water partition coefficient (Wildman–Crippen LogP) is 1.46. The lowest BCUT2D eigenvalue weighted by atomic mass is 10.1. The molecule has 136 valence electrons. The van der Waals surface area contributed by atoms with Crippen molar-refractivity contribution in [2.75, 3.05) is 33.9 Å². The molecule has 0 bridgehead atoms. The Morgan fingerprint density at radius 1 is 1.32 bits per heavy atom. The second-order valence-electron chi connectivity index (χ2n) is 6.00. The number of carbonyl (C=O) groups is 2. The standard InChI is InChI=1S/C18H24N2O5/c1-12(2)19-16(21)11-20(3)17(22)6-5-13-9-14(23-4)18-15(10-13)24-7-8-25-18/h5-6,9-10,12H,7-8,11H2,1-4H3,(H,19,21)/b6-5+. The molecule has 0 saturated carbocycles. The molecular weight excluding hydrogens is 324 g/mol. The second kappa shape index (κ2) is 8.41. The summed E-state index contributed by atoms with van der Waals surface area (Å²) < 4.78 is 16.4. The van der Waals surface area contributed by atoms with Crippen molar-refractivity contribution in [2.45, 2.75) is 19.9 Å². The molecule has 0 unspecified atom stereocenters. The van der Waals surface area contributed by atoms with E-state index in [1.807, 2.05) is 13.8 Å². The number of hydrogen-bond acceptors (Lipinski definition) is 5. The predicted molar refractivity (Wildman–Crippen MR) is 93.9 cm³/mol. The zero-order chi connectivity index (χ0) is 18.4. The molecule has 0 saturated heterocycles. The van der Waals surface area contributed by atoms with E-state index in [0.717, 1.165) is 5.56 Å². The lowest BCUT2D eigenvalue weighted by molar-refractivity contribution is -0.131. The SMILES string of the molecule is COc1cc(/C=C/C(=O)N(C)CC(=O)NC(C)C)cc2c1OCCO2. The first-order valence-corrected chi connectivity index (χ1v) is 8.11. The van der Waals surface area contributed by atoms with E-state index in [1.54, 1.807) is 32.4 Å². The first kappa shape index (κ1) is 18.6. The Morgan fingerprint density at radius 3 is 2.72 bits per heavy atom. The highest BCUT2D eigenvalue weighted by Gasteiger charge is 2.18. The molecule has 1 aromatic carbocycles. The fourth-order valence-electron chi connectivity index (χ4n) is 2.35. The Morgan fingerprint density at radius 2 is 2.04 bits per heavy atom. The van der Waals surface area contributed by atoms with Crippen LogP contribution in [0.15, 0.2) is 18.2 Å². The molecule has 1 heterocycles. The van der Waals surface area contributed by atoms with Crippen molar-refractivity contribution in [3.05, 3.63) is 23.8 Å². The Hall–Kier alpha value is -2.70. The number of likely N-dealkylation sites (N-methyl/N-ethyl adjacent to an activating group) is 1. The monoisotopic (exact) mass is 348 g/mol. The Labute approximate surface area is 147 Å². The second-order valence-corrected chi connectivity index (χ2v) is 6.00. The van der Waals surface area contributed by atoms with Gasteiger partial charge in [0.25, 0.3) is 0 Å². The van der Waals surface area contributed by atoms with E-state index in [-0.39, 0.29) is 24.4 Å². The van der Waals surface area contributed by atoms with E-state index in [2.05, 4.69) is 5.32 Å². The van der Waals surface area contributed by atoms with Crippen LogP contribution < -0.4 is 19.5 Å². The van der Waals surface area contributed by atoms with Crippen molar-refractivity contribution in [3.63, 3.8) is 0 Å². The molecule has 0 aromatic heterocycles. The minimum atomic E-state index is -0.271. The highest BCUT2D eigenvalue weighted by molar-refractivity contribution is 5.94. The van der Waals surface area contributed by atoms with Crippen molar-refractivity contribution in [1.82, 2.24) is 10.2 Å². The van der Waals surface area contributed by atoms with E-state index in [1.165, 1.54) is 11.0 Å². The van der Waals surface area contributed by atoms with Crippen LogP contribution >= 0.6 is 0 Å². The highest BCUT2D eigenvalue weighted by Crippen LogP contribution is 2.40. The van der Waals surface area contributed by atoms with E-state index >= 15 is 0 Å². The van der Waals surface area contributed by atoms with Gasteiger partial charge in [0.15, 0.2) is 11.5 Å². The zero-order valence-electron chi connectivity index (χ0n) is 15.0. The summed E-state index contributed by atoms with van der Waals surface area (Å²) >= 11 is 0. The van der Waals surface area contributed by atoms with Crippen molar-refractivity contribution >= 4 is 17.9 Å². The fourth-order valence-corrected chi connectivity index (χ4v) is 2.35. The summed E-state index contributed by atoms with van der Waals surface area (Å²) in [6.45, 7) is 4.69. The normalized spacial score (nSPS) is 13.0. The van der Waals surface area contributed by atoms with Crippen LogP contribution in [0.2, 0.25) is 0 Å². The topological polar surface area (TPSA) is 77.1 Å². The third kappa shape index (κ3) is 5.14. The van der Waals surface area contributed by atoms with Gasteiger partial charge in [0.1, 0.15) is 13.2 Å². The molecule has 1 aromatic rings. The van der Waals surface area contributed by atoms with E-state index in [0.29, 0.717) is 30.5 Å². The number of amides is 2. The number of rotatable bonds is 6. The van der Waals surface area contributed by atoms with E-state index in [4.69, 9.17) is 14.2 Å². The molecule has 0 fully saturated rings. The van der Waals surface area contributed by atoms with Gasteiger partial charge in [-0.2, -0.15) is 0 Å². The molecule has 0 spiro atoms. The molecule has 7 heteroatoms. The smallest absolute Gasteiger partial charge is 0.246 e. The molecule has 1 aliphatic heterocycles. The lowest BCUT2D eigenvalue weighted by Crippen LogP contribution is -2.40. The van der Waals surface area contributed by atoms with Crippen LogP contribution in [0.4, 0.5) is 0 Å². The highest BCUT2D eigenvalue weighted by atomic mass is 16.6. The molecule has 7 nitrogen and oxygen atoms in total. The average Bonchev–Trinajstić information content (AvgIpc) is 2.57. The summed E-state index contributed by atoms with van der Waals surface area (Å²) in [5.74, 6) is 1.24. The Bertz CT molecular complexity index is 652. The van der Waals surface area contributed by atoms with Crippen LogP contribution in [0.1, 0.15) is 19.4 Å². The van der Waals surface area contributed by atoms with Crippen LogP contribution in [0.3, 0.4) is 0 Å². The summed E-state index contributed by atoms with van der Waals surface area (Å²) in [4.78, 5) is 25.2. The number of hydrogen-bond donors (Lipinski definition) is 1. The molecule has 2 rings (SSSR count). The molecule has 1 aliphatic rings. The summed E-state index contributed by atoms with van der Waals surface area (Å²) in [7, 11) is 3.13. The Kier molecular flexibility index (Phi) is 6.27. The summed E-state index contributed by atoms with van der Waals surface area (Å²) in [6.07, 6.45) is 3.06. The van der Waals surface area contributed by atoms with Crippen molar-refractivity contribution in [3.8, 4) is 17.2 Å². The van der Waals surface area contributed by atoms with E-state index < -0.39 is 0 Å². The summed E-state index contributed by atoms with van der Waals surface area (Å²) in [5.41, 5.74) is 0.745. The van der Waals surface area contributed by atoms with Gasteiger partial charge in [-0.05, 0) is 37.6 Å². The van der Waals surface area contributed by atoms with Crippen LogP contribution in [-0.4, -0.2) is 56.7 Å².